The normalized spacial score (nSPS) is 19.1. The molecule has 2 rings (SSSR count). The summed E-state index contributed by atoms with van der Waals surface area (Å²) in [5.41, 5.74) is -0.0137. The Labute approximate surface area is 170 Å². The third kappa shape index (κ3) is 6.06. The number of carbonyl (C=O) groups is 1. The van der Waals surface area contributed by atoms with E-state index >= 15 is 0 Å². The number of halogens is 1. The molecule has 0 aliphatic carbocycles. The number of nitrogens with zero attached hydrogens (tertiary/aromatic N) is 1. The molecule has 1 aliphatic heterocycles. The summed E-state index contributed by atoms with van der Waals surface area (Å²) in [6.07, 6.45) is 3.09. The first-order valence-electron chi connectivity index (χ1n) is 8.94. The Kier molecular flexibility index (Phi) is 6.44. The second-order valence-electron chi connectivity index (χ2n) is 8.56. The zero-order valence-electron chi connectivity index (χ0n) is 17.1. The van der Waals surface area contributed by atoms with E-state index in [1.807, 2.05) is 66.7 Å². The maximum Gasteiger partial charge on any atom is 0.492 e. The highest BCUT2D eigenvalue weighted by atomic mass is 79.9. The largest absolute Gasteiger partial charge is 0.492 e. The standard InChI is InChI=1S/C19H28BBrN2O4/c1-17(2,3)25-16(24)23-11-13(10-15-9-8-14(21)12-22-15)20-26-18(4,5)19(6,7)27-20/h8-10,12H,11H2,1-7H3,(H,23,24). The molecule has 0 spiro atoms. The number of ether oxygens (including phenoxy) is 1. The number of carbonyl (C=O) groups excluding carboxylic acids is 1. The fourth-order valence-electron chi connectivity index (χ4n) is 2.35. The molecule has 0 atom stereocenters. The molecule has 6 nitrogen and oxygen atoms in total. The highest BCUT2D eigenvalue weighted by Gasteiger charge is 2.52. The van der Waals surface area contributed by atoms with Gasteiger partial charge in [0.1, 0.15) is 5.60 Å². The molecule has 0 saturated carbocycles. The second kappa shape index (κ2) is 7.93. The number of hydrogen-bond donors (Lipinski definition) is 1. The first kappa shape index (κ1) is 21.9. The Hall–Kier alpha value is -1.38. The van der Waals surface area contributed by atoms with Crippen molar-refractivity contribution in [2.75, 3.05) is 6.54 Å². The van der Waals surface area contributed by atoms with Crippen LogP contribution in [0.15, 0.2) is 28.3 Å². The lowest BCUT2D eigenvalue weighted by Gasteiger charge is -2.32. The molecule has 1 saturated heterocycles. The molecule has 0 bridgehead atoms. The van der Waals surface area contributed by atoms with E-state index in [2.05, 4.69) is 26.2 Å². The molecule has 1 aromatic heterocycles. The minimum atomic E-state index is -0.588. The summed E-state index contributed by atoms with van der Waals surface area (Å²) in [6, 6.07) is 3.78. The molecule has 1 aromatic rings. The van der Waals surface area contributed by atoms with E-state index in [4.69, 9.17) is 14.0 Å². The molecule has 1 aliphatic rings. The van der Waals surface area contributed by atoms with Crippen LogP contribution >= 0.6 is 15.9 Å². The van der Waals surface area contributed by atoms with Crippen LogP contribution in [0.2, 0.25) is 0 Å². The van der Waals surface area contributed by atoms with Gasteiger partial charge in [0.25, 0.3) is 0 Å². The fourth-order valence-corrected chi connectivity index (χ4v) is 2.58. The van der Waals surface area contributed by atoms with Gasteiger partial charge in [0.15, 0.2) is 0 Å². The molecular formula is C19H28BBrN2O4. The van der Waals surface area contributed by atoms with E-state index < -0.39 is 30.0 Å². The molecular weight excluding hydrogens is 411 g/mol. The molecule has 2 heterocycles. The predicted molar refractivity (Wildman–Crippen MR) is 110 cm³/mol. The zero-order chi connectivity index (χ0) is 20.5. The van der Waals surface area contributed by atoms with Crippen LogP contribution in [-0.2, 0) is 14.0 Å². The quantitative estimate of drug-likeness (QED) is 0.706. The summed E-state index contributed by atoms with van der Waals surface area (Å²) in [4.78, 5) is 16.4. The Balaban J connectivity index is 2.22. The van der Waals surface area contributed by atoms with Gasteiger partial charge in [-0.3, -0.25) is 4.98 Å². The minimum absolute atomic E-state index is 0.226. The van der Waals surface area contributed by atoms with E-state index in [-0.39, 0.29) is 6.54 Å². The minimum Gasteiger partial charge on any atom is -0.444 e. The van der Waals surface area contributed by atoms with Crippen molar-refractivity contribution in [2.45, 2.75) is 65.3 Å². The Morgan fingerprint density at radius 2 is 1.85 bits per heavy atom. The van der Waals surface area contributed by atoms with Crippen LogP contribution in [0.4, 0.5) is 4.79 Å². The van der Waals surface area contributed by atoms with Gasteiger partial charge in [-0.05, 0) is 88.1 Å². The van der Waals surface area contributed by atoms with Crippen LogP contribution < -0.4 is 5.32 Å². The van der Waals surface area contributed by atoms with Gasteiger partial charge in [0, 0.05) is 17.2 Å². The lowest BCUT2D eigenvalue weighted by Crippen LogP contribution is -2.41. The van der Waals surface area contributed by atoms with Crippen molar-refractivity contribution in [1.82, 2.24) is 10.3 Å². The van der Waals surface area contributed by atoms with Crippen LogP contribution in [0.25, 0.3) is 6.08 Å². The Morgan fingerprint density at radius 3 is 2.33 bits per heavy atom. The third-order valence-electron chi connectivity index (χ3n) is 4.48. The van der Waals surface area contributed by atoms with Crippen LogP contribution in [0.5, 0.6) is 0 Å². The van der Waals surface area contributed by atoms with Crippen LogP contribution in [0.3, 0.4) is 0 Å². The van der Waals surface area contributed by atoms with Crippen molar-refractivity contribution in [3.8, 4) is 0 Å². The van der Waals surface area contributed by atoms with Gasteiger partial charge in [0.2, 0.25) is 0 Å². The average Bonchev–Trinajstić information content (AvgIpc) is 2.72. The predicted octanol–water partition coefficient (Wildman–Crippen LogP) is 4.38. The molecule has 1 N–H and O–H groups in total. The van der Waals surface area contributed by atoms with E-state index in [0.717, 1.165) is 15.6 Å². The molecule has 1 fully saturated rings. The van der Waals surface area contributed by atoms with Crippen molar-refractivity contribution in [1.29, 1.82) is 0 Å². The van der Waals surface area contributed by atoms with E-state index in [0.29, 0.717) is 0 Å². The number of alkyl carbamates (subject to hydrolysis) is 1. The lowest BCUT2D eigenvalue weighted by molar-refractivity contribution is 0.00578. The van der Waals surface area contributed by atoms with Gasteiger partial charge in [-0.25, -0.2) is 4.79 Å². The summed E-state index contributed by atoms with van der Waals surface area (Å²) < 4.78 is 18.5. The van der Waals surface area contributed by atoms with Crippen molar-refractivity contribution < 1.29 is 18.8 Å². The van der Waals surface area contributed by atoms with Crippen molar-refractivity contribution in [2.24, 2.45) is 0 Å². The van der Waals surface area contributed by atoms with E-state index in [1.54, 1.807) is 6.20 Å². The first-order valence-corrected chi connectivity index (χ1v) is 9.73. The molecule has 27 heavy (non-hydrogen) atoms. The van der Waals surface area contributed by atoms with Crippen LogP contribution in [0.1, 0.15) is 54.2 Å². The number of amides is 1. The number of rotatable bonds is 4. The third-order valence-corrected chi connectivity index (χ3v) is 4.94. The van der Waals surface area contributed by atoms with Gasteiger partial charge < -0.3 is 19.4 Å². The Morgan fingerprint density at radius 1 is 1.26 bits per heavy atom. The maximum atomic E-state index is 12.1. The number of pyridine rings is 1. The average molecular weight is 439 g/mol. The van der Waals surface area contributed by atoms with Crippen molar-refractivity contribution in [3.05, 3.63) is 34.0 Å². The monoisotopic (exact) mass is 438 g/mol. The van der Waals surface area contributed by atoms with Gasteiger partial charge in [-0.2, -0.15) is 0 Å². The van der Waals surface area contributed by atoms with Crippen molar-refractivity contribution >= 4 is 35.2 Å². The SMILES string of the molecule is CC(C)(C)OC(=O)NCC(=Cc1ccc(Br)cn1)B1OC(C)(C)C(C)(C)O1. The molecule has 0 aromatic carbocycles. The summed E-state index contributed by atoms with van der Waals surface area (Å²) in [5, 5.41) is 2.78. The van der Waals surface area contributed by atoms with E-state index in [1.165, 1.54) is 0 Å². The lowest BCUT2D eigenvalue weighted by atomic mass is 9.77. The van der Waals surface area contributed by atoms with Gasteiger partial charge >= 0.3 is 13.2 Å². The molecule has 148 valence electrons. The molecule has 8 heteroatoms. The summed E-state index contributed by atoms with van der Waals surface area (Å²) in [7, 11) is -0.588. The zero-order valence-corrected chi connectivity index (χ0v) is 18.6. The van der Waals surface area contributed by atoms with Gasteiger partial charge in [0.05, 0.1) is 16.9 Å². The topological polar surface area (TPSA) is 69.7 Å². The summed E-state index contributed by atoms with van der Waals surface area (Å²) in [6.45, 7) is 13.7. The maximum absolute atomic E-state index is 12.1. The molecule has 1 amide bonds. The number of aromatic nitrogens is 1. The van der Waals surface area contributed by atoms with Crippen molar-refractivity contribution in [3.63, 3.8) is 0 Å². The second-order valence-corrected chi connectivity index (χ2v) is 9.48. The van der Waals surface area contributed by atoms with Crippen LogP contribution in [-0.4, -0.2) is 41.5 Å². The summed E-state index contributed by atoms with van der Waals surface area (Å²) in [5.74, 6) is 0. The molecule has 0 radical (unpaired) electrons. The number of hydrogen-bond acceptors (Lipinski definition) is 5. The van der Waals surface area contributed by atoms with Crippen LogP contribution in [0, 0.1) is 0 Å². The summed E-state index contributed by atoms with van der Waals surface area (Å²) >= 11 is 3.38. The fraction of sp³-hybridized carbons (Fsp3) is 0.579. The van der Waals surface area contributed by atoms with Gasteiger partial charge in [-0.15, -0.1) is 0 Å². The van der Waals surface area contributed by atoms with E-state index in [9.17, 15) is 4.79 Å². The molecule has 0 unspecified atom stereocenters. The number of nitrogens with one attached hydrogen (secondary N) is 1. The highest BCUT2D eigenvalue weighted by molar-refractivity contribution is 9.10. The highest BCUT2D eigenvalue weighted by Crippen LogP contribution is 2.38. The smallest absolute Gasteiger partial charge is 0.444 e. The Bertz CT molecular complexity index is 695. The first-order chi connectivity index (χ1) is 12.3. The van der Waals surface area contributed by atoms with Gasteiger partial charge in [-0.1, -0.05) is 0 Å².